The first-order valence-corrected chi connectivity index (χ1v) is 10.4. The molecule has 0 bridgehead atoms. The molecule has 0 spiro atoms. The molecule has 24 heavy (non-hydrogen) atoms. The maximum atomic E-state index is 12.4. The van der Waals surface area contributed by atoms with Crippen LogP contribution in [0.25, 0.3) is 0 Å². The average molecular weight is 361 g/mol. The summed E-state index contributed by atoms with van der Waals surface area (Å²) in [6, 6.07) is 0. The lowest BCUT2D eigenvalue weighted by atomic mass is 10.3. The highest BCUT2D eigenvalue weighted by Crippen LogP contribution is 2.34. The van der Waals surface area contributed by atoms with Crippen molar-refractivity contribution in [3.05, 3.63) is 12.2 Å². The molecular weight excluding hydrogens is 327 g/mol. The molecule has 0 aromatic carbocycles. The maximum Gasteiger partial charge on any atom is 0.428 e. The van der Waals surface area contributed by atoms with E-state index < -0.39 is 19.3 Å². The summed E-state index contributed by atoms with van der Waals surface area (Å²) in [6.45, 7) is 12.7. The Balaban J connectivity index is 5.13. The summed E-state index contributed by atoms with van der Waals surface area (Å²) in [5, 5.41) is 0. The van der Waals surface area contributed by atoms with Gasteiger partial charge in [0, 0.05) is 5.57 Å². The van der Waals surface area contributed by atoms with Gasteiger partial charge in [0.15, 0.2) is 0 Å². The van der Waals surface area contributed by atoms with Gasteiger partial charge in [-0.1, -0.05) is 51.2 Å². The third kappa shape index (κ3) is 9.63. The van der Waals surface area contributed by atoms with Gasteiger partial charge in [0.05, 0.1) is 19.8 Å². The molecule has 0 aromatic rings. The van der Waals surface area contributed by atoms with Gasteiger partial charge < -0.3 is 14.2 Å². The third-order valence-electron chi connectivity index (χ3n) is 3.39. The van der Waals surface area contributed by atoms with Gasteiger partial charge in [-0.05, 0) is 26.2 Å². The minimum atomic E-state index is -2.20. The monoisotopic (exact) mass is 361 g/mol. The lowest BCUT2D eigenvalue weighted by Gasteiger charge is -2.30. The molecule has 0 aliphatic rings. The Morgan fingerprint density at radius 1 is 0.917 bits per heavy atom. The molecule has 0 N–H and O–H groups in total. The molecule has 0 fully saturated rings. The first-order chi connectivity index (χ1) is 11.4. The Morgan fingerprint density at radius 3 is 1.58 bits per heavy atom. The molecule has 0 rings (SSSR count). The minimum absolute atomic E-state index is 0.0921. The number of carbonyl (C=O) groups is 1. The molecule has 0 radical (unpaired) electrons. The fourth-order valence-corrected chi connectivity index (χ4v) is 3.03. The van der Waals surface area contributed by atoms with Crippen LogP contribution in [0.4, 0.5) is 0 Å². The molecule has 140 valence electrons. The van der Waals surface area contributed by atoms with Gasteiger partial charge in [0.2, 0.25) is 6.16 Å². The zero-order chi connectivity index (χ0) is 18.4. The number of allylic oxidation sites excluding steroid dienone is 1. The summed E-state index contributed by atoms with van der Waals surface area (Å²) in [4.78, 5) is 12.0. The van der Waals surface area contributed by atoms with E-state index in [1.807, 2.05) is 0 Å². The van der Waals surface area contributed by atoms with E-state index >= 15 is 0 Å². The topological polar surface area (TPSA) is 61.8 Å². The van der Waals surface area contributed by atoms with Crippen molar-refractivity contribution in [1.29, 1.82) is 0 Å². The van der Waals surface area contributed by atoms with Crippen LogP contribution in [-0.4, -0.2) is 37.5 Å². The highest BCUT2D eigenvalue weighted by atomic mass is 31.1. The van der Waals surface area contributed by atoms with Crippen molar-refractivity contribution in [2.75, 3.05) is 26.0 Å². The van der Waals surface area contributed by atoms with Gasteiger partial charge in [0.25, 0.3) is 0 Å². The third-order valence-corrected chi connectivity index (χ3v) is 4.90. The Kier molecular flexibility index (Phi) is 13.3. The normalized spacial score (nSPS) is 12.2. The van der Waals surface area contributed by atoms with E-state index in [9.17, 15) is 9.36 Å². The van der Waals surface area contributed by atoms with E-state index in [2.05, 4.69) is 27.4 Å². The molecule has 0 saturated heterocycles. The number of hydrogen-bond acceptors (Lipinski definition) is 5. The number of ether oxygens (including phenoxy) is 3. The predicted octanol–water partition coefficient (Wildman–Crippen LogP) is 5.02. The van der Waals surface area contributed by atoms with E-state index in [-0.39, 0.29) is 11.7 Å². The predicted molar refractivity (Wildman–Crippen MR) is 97.6 cm³/mol. The van der Waals surface area contributed by atoms with Crippen LogP contribution in [0, 0.1) is 0 Å². The van der Waals surface area contributed by atoms with Gasteiger partial charge in [-0.25, -0.2) is 4.79 Å². The highest BCUT2D eigenvalue weighted by molar-refractivity contribution is 7.64. The largest absolute Gasteiger partial charge is 0.428 e. The van der Waals surface area contributed by atoms with Crippen molar-refractivity contribution in [2.45, 2.75) is 72.2 Å². The van der Waals surface area contributed by atoms with Crippen LogP contribution in [-0.2, 0) is 23.6 Å². The molecule has 1 atom stereocenters. The second kappa shape index (κ2) is 13.7. The quantitative estimate of drug-likeness (QED) is 0.167. The zero-order valence-corrected chi connectivity index (χ0v) is 16.7. The lowest BCUT2D eigenvalue weighted by Crippen LogP contribution is -2.43. The van der Waals surface area contributed by atoms with Crippen molar-refractivity contribution in [3.8, 4) is 0 Å². The van der Waals surface area contributed by atoms with E-state index in [4.69, 9.17) is 14.2 Å². The number of rotatable bonds is 16. The van der Waals surface area contributed by atoms with Crippen molar-refractivity contribution < 1.29 is 23.6 Å². The highest BCUT2D eigenvalue weighted by Gasteiger charge is 2.46. The standard InChI is InChI=1S/C18H34O5P/c1-6-9-12-21-18(22-13-10-7-2,23-14-11-8-3)15-24(20)17(19)16(4)5/h4,6-15H2,1-3,5H3/q+1. The van der Waals surface area contributed by atoms with Crippen molar-refractivity contribution in [2.24, 2.45) is 0 Å². The van der Waals surface area contributed by atoms with Crippen LogP contribution in [0.5, 0.6) is 0 Å². The van der Waals surface area contributed by atoms with Crippen LogP contribution < -0.4 is 0 Å². The van der Waals surface area contributed by atoms with Gasteiger partial charge in [-0.3, -0.25) is 0 Å². The van der Waals surface area contributed by atoms with Crippen molar-refractivity contribution >= 4 is 13.3 Å². The summed E-state index contributed by atoms with van der Waals surface area (Å²) >= 11 is 0. The molecule has 0 aliphatic carbocycles. The summed E-state index contributed by atoms with van der Waals surface area (Å²) in [7, 11) is -2.20. The summed E-state index contributed by atoms with van der Waals surface area (Å²) in [6.07, 6.45) is 5.36. The van der Waals surface area contributed by atoms with E-state index in [1.165, 1.54) is 0 Å². The SMILES string of the molecule is C=C(C)C(=O)[P+](=O)CC(OCCCC)(OCCCC)OCCCC. The zero-order valence-electron chi connectivity index (χ0n) is 15.8. The fraction of sp³-hybridized carbons (Fsp3) is 0.833. The van der Waals surface area contributed by atoms with E-state index in [0.717, 1.165) is 38.5 Å². The Morgan fingerprint density at radius 2 is 1.29 bits per heavy atom. The number of hydrogen-bond donors (Lipinski definition) is 0. The smallest absolute Gasteiger partial charge is 0.324 e. The average Bonchev–Trinajstić information content (AvgIpc) is 2.54. The van der Waals surface area contributed by atoms with Gasteiger partial charge in [-0.15, -0.1) is 0 Å². The lowest BCUT2D eigenvalue weighted by molar-refractivity contribution is -0.367. The molecular formula is C18H34O5P+. The van der Waals surface area contributed by atoms with Crippen LogP contribution in [0.15, 0.2) is 12.2 Å². The van der Waals surface area contributed by atoms with Gasteiger partial charge >= 0.3 is 19.3 Å². The van der Waals surface area contributed by atoms with Crippen molar-refractivity contribution in [3.63, 3.8) is 0 Å². The molecule has 0 aromatic heterocycles. The molecule has 0 saturated carbocycles. The second-order valence-electron chi connectivity index (χ2n) is 5.91. The van der Waals surface area contributed by atoms with Crippen molar-refractivity contribution in [1.82, 2.24) is 0 Å². The van der Waals surface area contributed by atoms with Crippen LogP contribution in [0.2, 0.25) is 0 Å². The molecule has 0 amide bonds. The maximum absolute atomic E-state index is 12.4. The van der Waals surface area contributed by atoms with Crippen LogP contribution in [0.3, 0.4) is 0 Å². The van der Waals surface area contributed by atoms with E-state index in [1.54, 1.807) is 6.92 Å². The minimum Gasteiger partial charge on any atom is -0.324 e. The molecule has 1 unspecified atom stereocenters. The Bertz CT molecular complexity index is 368. The number of carbonyl (C=O) groups excluding carboxylic acids is 1. The van der Waals surface area contributed by atoms with Gasteiger partial charge in [0.1, 0.15) is 0 Å². The summed E-state index contributed by atoms with van der Waals surface area (Å²) in [5.41, 5.74) is -0.174. The Hall–Kier alpha value is -0.610. The number of unbranched alkanes of at least 4 members (excludes halogenated alkanes) is 3. The first-order valence-electron chi connectivity index (χ1n) is 8.98. The van der Waals surface area contributed by atoms with E-state index in [0.29, 0.717) is 19.8 Å². The molecule has 5 nitrogen and oxygen atoms in total. The molecule has 0 aliphatic heterocycles. The first kappa shape index (κ1) is 23.4. The van der Waals surface area contributed by atoms with Gasteiger partial charge in [-0.2, -0.15) is 0 Å². The molecule has 0 heterocycles. The second-order valence-corrected chi connectivity index (χ2v) is 7.39. The summed E-state index contributed by atoms with van der Waals surface area (Å²) in [5.74, 6) is -1.40. The van der Waals surface area contributed by atoms with Crippen LogP contribution in [0.1, 0.15) is 66.2 Å². The fourth-order valence-electron chi connectivity index (χ4n) is 1.84. The van der Waals surface area contributed by atoms with Crippen LogP contribution >= 0.6 is 7.80 Å². The Labute approximate surface area is 147 Å². The summed E-state index contributed by atoms with van der Waals surface area (Å²) < 4.78 is 30.0. The molecule has 6 heteroatoms.